The minimum atomic E-state index is -3.75. The largest absolute Gasteiger partial charge is 0.475 e. The van der Waals surface area contributed by atoms with E-state index in [4.69, 9.17) is 8.92 Å². The van der Waals surface area contributed by atoms with Crippen LogP contribution in [0.4, 0.5) is 0 Å². The van der Waals surface area contributed by atoms with Crippen LogP contribution in [0.25, 0.3) is 0 Å². The first-order valence-electron chi connectivity index (χ1n) is 6.86. The Bertz CT molecular complexity index is 757. The van der Waals surface area contributed by atoms with Gasteiger partial charge in [-0.05, 0) is 24.3 Å². The first-order chi connectivity index (χ1) is 10.6. The molecule has 2 aromatic carbocycles. The SMILES string of the molecule is O=S(=O)(OCC1COC(c2ccccc2)=N1)c1ccccc1. The average Bonchev–Trinajstić information content (AvgIpc) is 3.04. The Morgan fingerprint density at radius 2 is 1.68 bits per heavy atom. The zero-order chi connectivity index (χ0) is 15.4. The summed E-state index contributed by atoms with van der Waals surface area (Å²) in [5, 5.41) is 0. The van der Waals surface area contributed by atoms with E-state index in [1.165, 1.54) is 12.1 Å². The van der Waals surface area contributed by atoms with Crippen LogP contribution < -0.4 is 0 Å². The van der Waals surface area contributed by atoms with Crippen molar-refractivity contribution in [3.63, 3.8) is 0 Å². The van der Waals surface area contributed by atoms with Crippen molar-refractivity contribution >= 4 is 16.0 Å². The Balaban J connectivity index is 1.65. The molecule has 0 amide bonds. The summed E-state index contributed by atoms with van der Waals surface area (Å²) >= 11 is 0. The van der Waals surface area contributed by atoms with Gasteiger partial charge in [0.15, 0.2) is 0 Å². The molecule has 114 valence electrons. The second kappa shape index (κ2) is 6.29. The maximum atomic E-state index is 12.0. The predicted molar refractivity (Wildman–Crippen MR) is 82.3 cm³/mol. The molecule has 1 heterocycles. The third-order valence-electron chi connectivity index (χ3n) is 3.18. The molecule has 0 radical (unpaired) electrons. The highest BCUT2D eigenvalue weighted by Crippen LogP contribution is 2.16. The van der Waals surface area contributed by atoms with Crippen LogP contribution >= 0.6 is 0 Å². The number of hydrogen-bond acceptors (Lipinski definition) is 5. The molecule has 0 saturated carbocycles. The predicted octanol–water partition coefficient (Wildman–Crippen LogP) is 2.24. The molecule has 0 saturated heterocycles. The lowest BCUT2D eigenvalue weighted by Gasteiger charge is -2.07. The standard InChI is InChI=1S/C16H15NO4S/c18-22(19,15-9-5-2-6-10-15)21-12-14-11-20-16(17-14)13-7-3-1-4-8-13/h1-10,14H,11-12H2. The second-order valence-corrected chi connectivity index (χ2v) is 6.43. The molecular weight excluding hydrogens is 302 g/mol. The van der Waals surface area contributed by atoms with Crippen LogP contribution in [0.2, 0.25) is 0 Å². The van der Waals surface area contributed by atoms with Crippen LogP contribution in [0.3, 0.4) is 0 Å². The van der Waals surface area contributed by atoms with E-state index in [1.807, 2.05) is 30.3 Å². The lowest BCUT2D eigenvalue weighted by atomic mass is 10.2. The minimum Gasteiger partial charge on any atom is -0.475 e. The second-order valence-electron chi connectivity index (χ2n) is 4.82. The fraction of sp³-hybridized carbons (Fsp3) is 0.188. The van der Waals surface area contributed by atoms with Crippen LogP contribution in [-0.4, -0.2) is 33.6 Å². The molecule has 0 N–H and O–H groups in total. The average molecular weight is 317 g/mol. The van der Waals surface area contributed by atoms with Gasteiger partial charge in [-0.2, -0.15) is 8.42 Å². The van der Waals surface area contributed by atoms with E-state index in [9.17, 15) is 8.42 Å². The summed E-state index contributed by atoms with van der Waals surface area (Å²) in [6, 6.07) is 17.2. The zero-order valence-electron chi connectivity index (χ0n) is 11.8. The zero-order valence-corrected chi connectivity index (χ0v) is 12.6. The number of hydrogen-bond donors (Lipinski definition) is 0. The minimum absolute atomic E-state index is 0.0342. The molecule has 0 bridgehead atoms. The third kappa shape index (κ3) is 3.35. The molecule has 1 aliphatic rings. The van der Waals surface area contributed by atoms with Crippen LogP contribution in [0, 0.1) is 0 Å². The van der Waals surface area contributed by atoms with Crippen molar-refractivity contribution in [2.75, 3.05) is 13.2 Å². The highest BCUT2D eigenvalue weighted by molar-refractivity contribution is 7.86. The van der Waals surface area contributed by atoms with Gasteiger partial charge in [-0.3, -0.25) is 4.18 Å². The summed E-state index contributed by atoms with van der Waals surface area (Å²) in [6.45, 7) is 0.280. The Morgan fingerprint density at radius 1 is 1.05 bits per heavy atom. The molecule has 1 unspecified atom stereocenters. The third-order valence-corrected chi connectivity index (χ3v) is 4.48. The van der Waals surface area contributed by atoms with Crippen LogP contribution in [0.15, 0.2) is 70.6 Å². The van der Waals surface area contributed by atoms with E-state index in [-0.39, 0.29) is 17.5 Å². The lowest BCUT2D eigenvalue weighted by molar-refractivity contribution is 0.246. The highest BCUT2D eigenvalue weighted by Gasteiger charge is 2.23. The van der Waals surface area contributed by atoms with Crippen LogP contribution in [-0.2, 0) is 19.0 Å². The van der Waals surface area contributed by atoms with Gasteiger partial charge in [0.05, 0.1) is 11.5 Å². The van der Waals surface area contributed by atoms with Gasteiger partial charge in [0.2, 0.25) is 5.90 Å². The number of rotatable bonds is 5. The molecule has 1 atom stereocenters. The van der Waals surface area contributed by atoms with E-state index in [1.54, 1.807) is 18.2 Å². The van der Waals surface area contributed by atoms with Gasteiger partial charge in [0, 0.05) is 5.56 Å². The Kier molecular flexibility index (Phi) is 4.22. The summed E-state index contributed by atoms with van der Waals surface area (Å²) in [7, 11) is -3.75. The van der Waals surface area contributed by atoms with Crippen molar-refractivity contribution < 1.29 is 17.3 Å². The lowest BCUT2D eigenvalue weighted by Crippen LogP contribution is -2.18. The fourth-order valence-electron chi connectivity index (χ4n) is 2.06. The molecule has 0 aliphatic carbocycles. The Labute approximate surface area is 129 Å². The topological polar surface area (TPSA) is 65.0 Å². The molecule has 0 spiro atoms. The van der Waals surface area contributed by atoms with E-state index in [0.29, 0.717) is 12.5 Å². The number of nitrogens with zero attached hydrogens (tertiary/aromatic N) is 1. The van der Waals surface area contributed by atoms with Gasteiger partial charge in [-0.1, -0.05) is 36.4 Å². The van der Waals surface area contributed by atoms with Gasteiger partial charge in [0.1, 0.15) is 12.6 Å². The molecule has 6 heteroatoms. The first-order valence-corrected chi connectivity index (χ1v) is 8.26. The van der Waals surface area contributed by atoms with Crippen LogP contribution in [0.5, 0.6) is 0 Å². The smallest absolute Gasteiger partial charge is 0.297 e. The fourth-order valence-corrected chi connectivity index (χ4v) is 3.03. The molecule has 2 aromatic rings. The number of ether oxygens (including phenoxy) is 1. The highest BCUT2D eigenvalue weighted by atomic mass is 32.2. The summed E-state index contributed by atoms with van der Waals surface area (Å²) in [6.07, 6.45) is 0. The maximum absolute atomic E-state index is 12.0. The van der Waals surface area contributed by atoms with Crippen molar-refractivity contribution in [2.24, 2.45) is 4.99 Å². The van der Waals surface area contributed by atoms with Gasteiger partial charge >= 0.3 is 0 Å². The van der Waals surface area contributed by atoms with Crippen molar-refractivity contribution in [1.29, 1.82) is 0 Å². The van der Waals surface area contributed by atoms with Crippen LogP contribution in [0.1, 0.15) is 5.56 Å². The van der Waals surface area contributed by atoms with Crippen molar-refractivity contribution in [3.8, 4) is 0 Å². The van der Waals surface area contributed by atoms with Crippen molar-refractivity contribution in [3.05, 3.63) is 66.2 Å². The summed E-state index contributed by atoms with van der Waals surface area (Å²) in [4.78, 5) is 4.50. The van der Waals surface area contributed by atoms with Crippen molar-refractivity contribution in [2.45, 2.75) is 10.9 Å². The van der Waals surface area contributed by atoms with Gasteiger partial charge in [-0.15, -0.1) is 0 Å². The number of aliphatic imine (C=N–C) groups is 1. The summed E-state index contributed by atoms with van der Waals surface area (Å²) in [5.41, 5.74) is 0.871. The maximum Gasteiger partial charge on any atom is 0.297 e. The Hall–Kier alpha value is -2.18. The molecule has 0 aromatic heterocycles. The van der Waals surface area contributed by atoms with E-state index in [2.05, 4.69) is 4.99 Å². The number of benzene rings is 2. The first kappa shape index (κ1) is 14.7. The van der Waals surface area contributed by atoms with E-state index >= 15 is 0 Å². The molecule has 3 rings (SSSR count). The molecule has 0 fully saturated rings. The summed E-state index contributed by atoms with van der Waals surface area (Å²) in [5.74, 6) is 0.520. The van der Waals surface area contributed by atoms with Crippen molar-refractivity contribution in [1.82, 2.24) is 0 Å². The van der Waals surface area contributed by atoms with Gasteiger partial charge in [0.25, 0.3) is 10.1 Å². The normalized spacial score (nSPS) is 17.8. The molecular formula is C16H15NO4S. The molecule has 1 aliphatic heterocycles. The molecule has 5 nitrogen and oxygen atoms in total. The van der Waals surface area contributed by atoms with E-state index in [0.717, 1.165) is 5.56 Å². The van der Waals surface area contributed by atoms with Gasteiger partial charge < -0.3 is 4.74 Å². The Morgan fingerprint density at radius 3 is 2.36 bits per heavy atom. The monoisotopic (exact) mass is 317 g/mol. The molecule has 22 heavy (non-hydrogen) atoms. The van der Waals surface area contributed by atoms with Gasteiger partial charge in [-0.25, -0.2) is 4.99 Å². The quantitative estimate of drug-likeness (QED) is 0.793. The van der Waals surface area contributed by atoms with E-state index < -0.39 is 10.1 Å². The summed E-state index contributed by atoms with van der Waals surface area (Å²) < 4.78 is 34.6.